The van der Waals surface area contributed by atoms with Crippen molar-refractivity contribution in [1.29, 1.82) is 0 Å². The zero-order valence-corrected chi connectivity index (χ0v) is 20.3. The van der Waals surface area contributed by atoms with Gasteiger partial charge in [0.15, 0.2) is 17.5 Å². The van der Waals surface area contributed by atoms with Crippen LogP contribution in [0.3, 0.4) is 0 Å². The quantitative estimate of drug-likeness (QED) is 0.217. The number of piperidine rings is 1. The van der Waals surface area contributed by atoms with Crippen LogP contribution < -0.4 is 15.4 Å². The van der Waals surface area contributed by atoms with Gasteiger partial charge in [0.25, 0.3) is 0 Å². The third kappa shape index (κ3) is 8.17. The van der Waals surface area contributed by atoms with Gasteiger partial charge in [-0.2, -0.15) is 0 Å². The Kier molecular flexibility index (Phi) is 10.9. The normalized spacial score (nSPS) is 15.2. The Morgan fingerprint density at radius 1 is 1.35 bits per heavy atom. The summed E-state index contributed by atoms with van der Waals surface area (Å²) in [5, 5.41) is 6.82. The van der Waals surface area contributed by atoms with Gasteiger partial charge in [0, 0.05) is 45.2 Å². The van der Waals surface area contributed by atoms with Crippen molar-refractivity contribution in [3.8, 4) is 5.75 Å². The number of benzene rings is 1. The molecular formula is C23H32FIN4O2. The van der Waals surface area contributed by atoms with E-state index in [1.807, 2.05) is 24.3 Å². The molecular weight excluding hydrogens is 510 g/mol. The zero-order chi connectivity index (χ0) is 21.2. The standard InChI is InChI=1S/C23H31FN4O2.HI/c1-3-11-25-23(26-12-8-20-5-4-15-30-20)27-19-9-13-28(14-10-19)17-18-6-7-22(29-2)21(24)16-18;/h3-7,15-16,19H,1,8-14,17H2,2H3,(H2,25,26,27);1H. The molecule has 0 bridgehead atoms. The molecule has 2 N–H and O–H groups in total. The molecule has 31 heavy (non-hydrogen) atoms. The molecule has 2 aromatic rings. The Hall–Kier alpha value is -2.07. The van der Waals surface area contributed by atoms with Crippen LogP contribution in [0.2, 0.25) is 0 Å². The Bertz CT molecular complexity index is 821. The molecule has 0 radical (unpaired) electrons. The number of hydrogen-bond acceptors (Lipinski definition) is 4. The maximum absolute atomic E-state index is 13.9. The fourth-order valence-corrected chi connectivity index (χ4v) is 3.55. The Balaban J connectivity index is 0.00000341. The van der Waals surface area contributed by atoms with Gasteiger partial charge in [-0.3, -0.25) is 9.89 Å². The number of aliphatic imine (C=N–C) groups is 1. The number of nitrogens with one attached hydrogen (secondary N) is 2. The van der Waals surface area contributed by atoms with Crippen molar-refractivity contribution >= 4 is 29.9 Å². The van der Waals surface area contributed by atoms with Gasteiger partial charge >= 0.3 is 0 Å². The number of rotatable bonds is 9. The molecule has 1 aliphatic heterocycles. The van der Waals surface area contributed by atoms with Gasteiger partial charge < -0.3 is 19.8 Å². The highest BCUT2D eigenvalue weighted by Gasteiger charge is 2.20. The summed E-state index contributed by atoms with van der Waals surface area (Å²) in [5.41, 5.74) is 0.965. The number of ether oxygens (including phenoxy) is 1. The van der Waals surface area contributed by atoms with Gasteiger partial charge in [0.2, 0.25) is 0 Å². The van der Waals surface area contributed by atoms with Crippen LogP contribution in [-0.2, 0) is 13.0 Å². The largest absolute Gasteiger partial charge is 0.494 e. The van der Waals surface area contributed by atoms with E-state index in [1.54, 1.807) is 18.4 Å². The van der Waals surface area contributed by atoms with Crippen LogP contribution in [0.25, 0.3) is 0 Å². The van der Waals surface area contributed by atoms with Crippen LogP contribution in [0, 0.1) is 5.82 Å². The molecule has 0 saturated carbocycles. The molecule has 1 saturated heterocycles. The van der Waals surface area contributed by atoms with Crippen molar-refractivity contribution < 1.29 is 13.5 Å². The maximum Gasteiger partial charge on any atom is 0.191 e. The van der Waals surface area contributed by atoms with Crippen LogP contribution in [0.5, 0.6) is 5.75 Å². The van der Waals surface area contributed by atoms with E-state index < -0.39 is 0 Å². The summed E-state index contributed by atoms with van der Waals surface area (Å²) in [6, 6.07) is 9.39. The third-order valence-corrected chi connectivity index (χ3v) is 5.17. The van der Waals surface area contributed by atoms with Gasteiger partial charge in [-0.25, -0.2) is 4.39 Å². The Labute approximate surface area is 201 Å². The van der Waals surface area contributed by atoms with Gasteiger partial charge in [-0.1, -0.05) is 12.1 Å². The minimum atomic E-state index is -0.310. The van der Waals surface area contributed by atoms with Gasteiger partial charge in [-0.15, -0.1) is 30.6 Å². The molecule has 3 rings (SSSR count). The smallest absolute Gasteiger partial charge is 0.191 e. The van der Waals surface area contributed by atoms with Crippen molar-refractivity contribution in [2.45, 2.75) is 31.8 Å². The number of halogens is 2. The number of methoxy groups -OCH3 is 1. The maximum atomic E-state index is 13.9. The van der Waals surface area contributed by atoms with Crippen molar-refractivity contribution in [3.63, 3.8) is 0 Å². The summed E-state index contributed by atoms with van der Waals surface area (Å²) in [5.74, 6) is 1.71. The molecule has 8 heteroatoms. The Morgan fingerprint density at radius 2 is 2.16 bits per heavy atom. The highest BCUT2D eigenvalue weighted by molar-refractivity contribution is 14.0. The number of likely N-dealkylation sites (tertiary alicyclic amines) is 1. The number of furan rings is 1. The molecule has 1 aromatic carbocycles. The minimum absolute atomic E-state index is 0. The molecule has 1 aliphatic rings. The second-order valence-corrected chi connectivity index (χ2v) is 7.39. The number of hydrogen-bond donors (Lipinski definition) is 2. The summed E-state index contributed by atoms with van der Waals surface area (Å²) < 4.78 is 24.3. The summed E-state index contributed by atoms with van der Waals surface area (Å²) in [4.78, 5) is 7.01. The average Bonchev–Trinajstić information content (AvgIpc) is 3.27. The topological polar surface area (TPSA) is 62.0 Å². The van der Waals surface area contributed by atoms with Crippen LogP contribution in [0.15, 0.2) is 58.7 Å². The first kappa shape index (κ1) is 25.2. The summed E-state index contributed by atoms with van der Waals surface area (Å²) in [7, 11) is 1.48. The molecule has 2 heterocycles. The first-order chi connectivity index (χ1) is 14.7. The molecule has 0 aliphatic carbocycles. The van der Waals surface area contributed by atoms with E-state index in [9.17, 15) is 4.39 Å². The van der Waals surface area contributed by atoms with Gasteiger partial charge in [0.1, 0.15) is 5.76 Å². The molecule has 170 valence electrons. The summed E-state index contributed by atoms with van der Waals surface area (Å²) >= 11 is 0. The number of nitrogens with zero attached hydrogens (tertiary/aromatic N) is 2. The first-order valence-corrected chi connectivity index (χ1v) is 10.4. The molecule has 1 aromatic heterocycles. The van der Waals surface area contributed by atoms with Crippen LogP contribution in [-0.4, -0.2) is 50.2 Å². The minimum Gasteiger partial charge on any atom is -0.494 e. The van der Waals surface area contributed by atoms with E-state index in [2.05, 4.69) is 27.1 Å². The first-order valence-electron chi connectivity index (χ1n) is 10.4. The van der Waals surface area contributed by atoms with E-state index in [0.717, 1.165) is 56.2 Å². The summed E-state index contributed by atoms with van der Waals surface area (Å²) in [6.45, 7) is 7.73. The lowest BCUT2D eigenvalue weighted by atomic mass is 10.0. The molecule has 0 atom stereocenters. The van der Waals surface area contributed by atoms with E-state index in [-0.39, 0.29) is 35.5 Å². The van der Waals surface area contributed by atoms with E-state index >= 15 is 0 Å². The highest BCUT2D eigenvalue weighted by atomic mass is 127. The monoisotopic (exact) mass is 542 g/mol. The fraction of sp³-hybridized carbons (Fsp3) is 0.435. The van der Waals surface area contributed by atoms with Crippen LogP contribution in [0.4, 0.5) is 4.39 Å². The van der Waals surface area contributed by atoms with E-state index in [4.69, 9.17) is 9.15 Å². The van der Waals surface area contributed by atoms with Crippen molar-refractivity contribution in [1.82, 2.24) is 15.5 Å². The van der Waals surface area contributed by atoms with Crippen LogP contribution >= 0.6 is 24.0 Å². The fourth-order valence-electron chi connectivity index (χ4n) is 3.55. The van der Waals surface area contributed by atoms with E-state index in [1.165, 1.54) is 7.11 Å². The predicted molar refractivity (Wildman–Crippen MR) is 133 cm³/mol. The van der Waals surface area contributed by atoms with Crippen molar-refractivity contribution in [2.24, 2.45) is 4.99 Å². The van der Waals surface area contributed by atoms with Gasteiger partial charge in [0.05, 0.1) is 13.4 Å². The second-order valence-electron chi connectivity index (χ2n) is 7.39. The van der Waals surface area contributed by atoms with Crippen molar-refractivity contribution in [2.75, 3.05) is 33.3 Å². The molecule has 1 fully saturated rings. The van der Waals surface area contributed by atoms with Gasteiger partial charge in [-0.05, 0) is 42.7 Å². The Morgan fingerprint density at radius 3 is 2.81 bits per heavy atom. The molecule has 0 amide bonds. The lowest BCUT2D eigenvalue weighted by Crippen LogP contribution is -2.48. The van der Waals surface area contributed by atoms with Crippen molar-refractivity contribution in [3.05, 3.63) is 66.4 Å². The average molecular weight is 542 g/mol. The third-order valence-electron chi connectivity index (χ3n) is 5.17. The second kappa shape index (κ2) is 13.4. The zero-order valence-electron chi connectivity index (χ0n) is 18.0. The highest BCUT2D eigenvalue weighted by Crippen LogP contribution is 2.20. The lowest BCUT2D eigenvalue weighted by Gasteiger charge is -2.33. The molecule has 0 spiro atoms. The lowest BCUT2D eigenvalue weighted by molar-refractivity contribution is 0.198. The SMILES string of the molecule is C=CCNC(=NCCc1ccco1)NC1CCN(Cc2ccc(OC)c(F)c2)CC1.I. The summed E-state index contributed by atoms with van der Waals surface area (Å²) in [6.07, 6.45) is 6.28. The molecule has 6 nitrogen and oxygen atoms in total. The predicted octanol–water partition coefficient (Wildman–Crippen LogP) is 3.97. The molecule has 0 unspecified atom stereocenters. The van der Waals surface area contributed by atoms with E-state index in [0.29, 0.717) is 19.1 Å². The van der Waals surface area contributed by atoms with Crippen LogP contribution in [0.1, 0.15) is 24.2 Å². The number of guanidine groups is 1.